The first kappa shape index (κ1) is 15.7. The summed E-state index contributed by atoms with van der Waals surface area (Å²) in [6.45, 7) is 5.21. The molecule has 0 radical (unpaired) electrons. The van der Waals surface area contributed by atoms with E-state index in [0.29, 0.717) is 23.3 Å². The van der Waals surface area contributed by atoms with Crippen LogP contribution in [0.4, 0.5) is 5.69 Å². The largest absolute Gasteiger partial charge is 0.497 e. The minimum Gasteiger partial charge on any atom is -0.497 e. The highest BCUT2D eigenvalue weighted by molar-refractivity contribution is 5.95. The van der Waals surface area contributed by atoms with Gasteiger partial charge in [0, 0.05) is 18.7 Å². The summed E-state index contributed by atoms with van der Waals surface area (Å²) in [6.07, 6.45) is 4.74. The number of nitrogens with zero attached hydrogens (tertiary/aromatic N) is 1. The van der Waals surface area contributed by atoms with Gasteiger partial charge in [-0.25, -0.2) is 4.79 Å². The molecule has 1 fully saturated rings. The lowest BCUT2D eigenvalue weighted by atomic mass is 10.1. The molecule has 0 saturated heterocycles. The van der Waals surface area contributed by atoms with E-state index in [9.17, 15) is 9.90 Å². The highest BCUT2D eigenvalue weighted by Gasteiger charge is 2.27. The van der Waals surface area contributed by atoms with Crippen LogP contribution in [0.25, 0.3) is 0 Å². The fourth-order valence-electron chi connectivity index (χ4n) is 3.11. The van der Waals surface area contributed by atoms with Crippen LogP contribution in [-0.4, -0.2) is 30.8 Å². The molecule has 1 aromatic rings. The highest BCUT2D eigenvalue weighted by Crippen LogP contribution is 2.33. The molecule has 0 aliphatic heterocycles. The number of aromatic carboxylic acids is 1. The summed E-state index contributed by atoms with van der Waals surface area (Å²) < 4.78 is 5.29. The van der Waals surface area contributed by atoms with Gasteiger partial charge in [0.25, 0.3) is 0 Å². The first-order valence-corrected chi connectivity index (χ1v) is 7.71. The maximum atomic E-state index is 11.6. The van der Waals surface area contributed by atoms with Crippen LogP contribution in [0.2, 0.25) is 0 Å². The smallest absolute Gasteiger partial charge is 0.337 e. The van der Waals surface area contributed by atoms with Gasteiger partial charge in [0.1, 0.15) is 5.75 Å². The Morgan fingerprint density at radius 1 is 1.38 bits per heavy atom. The SMILES string of the molecule is COc1ccc(C(=O)O)c(N(CC(C)C)C2CCCC2)c1. The van der Waals surface area contributed by atoms with Gasteiger partial charge >= 0.3 is 5.97 Å². The molecule has 0 spiro atoms. The maximum Gasteiger partial charge on any atom is 0.337 e. The van der Waals surface area contributed by atoms with Gasteiger partial charge < -0.3 is 14.7 Å². The first-order valence-electron chi connectivity index (χ1n) is 7.71. The van der Waals surface area contributed by atoms with E-state index in [-0.39, 0.29) is 0 Å². The van der Waals surface area contributed by atoms with E-state index >= 15 is 0 Å². The molecule has 0 heterocycles. The Labute approximate surface area is 126 Å². The quantitative estimate of drug-likeness (QED) is 0.866. The highest BCUT2D eigenvalue weighted by atomic mass is 16.5. The average Bonchev–Trinajstić information content (AvgIpc) is 2.97. The molecule has 0 atom stereocenters. The number of hydrogen-bond acceptors (Lipinski definition) is 3. The zero-order valence-corrected chi connectivity index (χ0v) is 13.1. The topological polar surface area (TPSA) is 49.8 Å². The monoisotopic (exact) mass is 291 g/mol. The Bertz CT molecular complexity index is 493. The zero-order valence-electron chi connectivity index (χ0n) is 13.1. The number of anilines is 1. The molecule has 1 aromatic carbocycles. The predicted octanol–water partition coefficient (Wildman–Crippen LogP) is 3.80. The molecule has 0 aromatic heterocycles. The third-order valence-corrected chi connectivity index (χ3v) is 4.07. The Morgan fingerprint density at radius 3 is 2.57 bits per heavy atom. The molecule has 1 aliphatic carbocycles. The lowest BCUT2D eigenvalue weighted by molar-refractivity contribution is 0.0697. The predicted molar refractivity (Wildman–Crippen MR) is 84.4 cm³/mol. The van der Waals surface area contributed by atoms with Crippen LogP contribution >= 0.6 is 0 Å². The van der Waals surface area contributed by atoms with Crippen molar-refractivity contribution in [3.63, 3.8) is 0 Å². The van der Waals surface area contributed by atoms with Crippen molar-refractivity contribution in [1.82, 2.24) is 0 Å². The normalized spacial score (nSPS) is 15.4. The Hall–Kier alpha value is -1.71. The van der Waals surface area contributed by atoms with Crippen molar-refractivity contribution in [1.29, 1.82) is 0 Å². The molecule has 2 rings (SSSR count). The minimum atomic E-state index is -0.876. The zero-order chi connectivity index (χ0) is 15.4. The number of hydrogen-bond donors (Lipinski definition) is 1. The van der Waals surface area contributed by atoms with Crippen molar-refractivity contribution in [2.75, 3.05) is 18.6 Å². The van der Waals surface area contributed by atoms with Crippen LogP contribution in [0, 0.1) is 5.92 Å². The molecule has 4 nitrogen and oxygen atoms in total. The van der Waals surface area contributed by atoms with Crippen molar-refractivity contribution in [3.05, 3.63) is 23.8 Å². The van der Waals surface area contributed by atoms with Crippen LogP contribution < -0.4 is 9.64 Å². The molecule has 1 aliphatic rings. The fourth-order valence-corrected chi connectivity index (χ4v) is 3.11. The van der Waals surface area contributed by atoms with Crippen LogP contribution in [-0.2, 0) is 0 Å². The van der Waals surface area contributed by atoms with Gasteiger partial charge in [-0.15, -0.1) is 0 Å². The molecule has 0 bridgehead atoms. The molecule has 4 heteroatoms. The summed E-state index contributed by atoms with van der Waals surface area (Å²) in [4.78, 5) is 13.8. The summed E-state index contributed by atoms with van der Waals surface area (Å²) in [5.41, 5.74) is 1.16. The summed E-state index contributed by atoms with van der Waals surface area (Å²) >= 11 is 0. The van der Waals surface area contributed by atoms with E-state index in [1.54, 1.807) is 19.2 Å². The van der Waals surface area contributed by atoms with E-state index in [1.807, 2.05) is 6.07 Å². The average molecular weight is 291 g/mol. The summed E-state index contributed by atoms with van der Waals surface area (Å²) in [5.74, 6) is 0.319. The summed E-state index contributed by atoms with van der Waals surface area (Å²) in [7, 11) is 1.61. The van der Waals surface area contributed by atoms with Gasteiger partial charge in [-0.2, -0.15) is 0 Å². The van der Waals surface area contributed by atoms with Crippen molar-refractivity contribution < 1.29 is 14.6 Å². The molecule has 116 valence electrons. The lowest BCUT2D eigenvalue weighted by Gasteiger charge is -2.34. The Kier molecular flexibility index (Phi) is 5.10. The molecule has 0 amide bonds. The third-order valence-electron chi connectivity index (χ3n) is 4.07. The van der Waals surface area contributed by atoms with Gasteiger partial charge in [0.05, 0.1) is 18.4 Å². The van der Waals surface area contributed by atoms with Gasteiger partial charge in [0.15, 0.2) is 0 Å². The molecule has 1 saturated carbocycles. The van der Waals surface area contributed by atoms with Crippen LogP contribution in [0.1, 0.15) is 49.9 Å². The lowest BCUT2D eigenvalue weighted by Crippen LogP contribution is -2.37. The number of carboxylic acids is 1. The van der Waals surface area contributed by atoms with Gasteiger partial charge in [-0.05, 0) is 30.9 Å². The fraction of sp³-hybridized carbons (Fsp3) is 0.588. The minimum absolute atomic E-state index is 0.364. The second kappa shape index (κ2) is 6.83. The number of rotatable bonds is 6. The van der Waals surface area contributed by atoms with Gasteiger partial charge in [-0.3, -0.25) is 0 Å². The van der Waals surface area contributed by atoms with Crippen molar-refractivity contribution in [2.24, 2.45) is 5.92 Å². The second-order valence-electron chi connectivity index (χ2n) is 6.17. The standard InChI is InChI=1S/C17H25NO3/c1-12(2)11-18(13-6-4-5-7-13)16-10-14(21-3)8-9-15(16)17(19)20/h8-10,12-13H,4-7,11H2,1-3H3,(H,19,20). The molecule has 21 heavy (non-hydrogen) atoms. The first-order chi connectivity index (χ1) is 10.0. The number of benzene rings is 1. The molecular formula is C17H25NO3. The third kappa shape index (κ3) is 3.69. The second-order valence-corrected chi connectivity index (χ2v) is 6.17. The van der Waals surface area contributed by atoms with E-state index < -0.39 is 5.97 Å². The van der Waals surface area contributed by atoms with E-state index in [2.05, 4.69) is 18.7 Å². The summed E-state index contributed by atoms with van der Waals surface area (Å²) in [6, 6.07) is 5.68. The van der Waals surface area contributed by atoms with Crippen LogP contribution in [0.15, 0.2) is 18.2 Å². The number of carboxylic acid groups (broad SMARTS) is 1. The number of carbonyl (C=O) groups is 1. The molecule has 1 N–H and O–H groups in total. The Morgan fingerprint density at radius 2 is 2.05 bits per heavy atom. The Balaban J connectivity index is 2.43. The molecule has 0 unspecified atom stereocenters. The maximum absolute atomic E-state index is 11.6. The summed E-state index contributed by atoms with van der Waals surface area (Å²) in [5, 5.41) is 9.49. The van der Waals surface area contributed by atoms with Crippen LogP contribution in [0.5, 0.6) is 5.75 Å². The van der Waals surface area contributed by atoms with Crippen LogP contribution in [0.3, 0.4) is 0 Å². The van der Waals surface area contributed by atoms with Gasteiger partial charge in [0.2, 0.25) is 0 Å². The van der Waals surface area contributed by atoms with Crippen molar-refractivity contribution in [3.8, 4) is 5.75 Å². The van der Waals surface area contributed by atoms with Gasteiger partial charge in [-0.1, -0.05) is 26.7 Å². The number of methoxy groups -OCH3 is 1. The molecular weight excluding hydrogens is 266 g/mol. The van der Waals surface area contributed by atoms with E-state index in [4.69, 9.17) is 4.74 Å². The van der Waals surface area contributed by atoms with E-state index in [1.165, 1.54) is 12.8 Å². The van der Waals surface area contributed by atoms with E-state index in [0.717, 1.165) is 25.1 Å². The number of ether oxygens (including phenoxy) is 1. The van der Waals surface area contributed by atoms with Crippen molar-refractivity contribution >= 4 is 11.7 Å². The van der Waals surface area contributed by atoms with Crippen molar-refractivity contribution in [2.45, 2.75) is 45.6 Å².